The number of pyridine rings is 1. The third kappa shape index (κ3) is 4.06. The zero-order valence-corrected chi connectivity index (χ0v) is 17.5. The van der Waals surface area contributed by atoms with Gasteiger partial charge in [-0.1, -0.05) is 48.3 Å². The lowest BCUT2D eigenvalue weighted by molar-refractivity contribution is 0.309. The Morgan fingerprint density at radius 1 is 1.07 bits per heavy atom. The standard InChI is InChI=1S/C23H24Cl2N2O/c1-2-18-7-3-4-13-27(18)22-12-10-17-6-5-8-21(23(17)26-22)28-15-16-9-11-19(24)20(25)14-16/h5-6,8-12,14,18H,2-4,7,13,15H2,1H3. The van der Waals surface area contributed by atoms with Crippen LogP contribution in [0.3, 0.4) is 0 Å². The molecular formula is C23H24Cl2N2O. The minimum absolute atomic E-state index is 0.420. The monoisotopic (exact) mass is 414 g/mol. The normalized spacial score (nSPS) is 17.1. The number of anilines is 1. The van der Waals surface area contributed by atoms with Gasteiger partial charge in [0.25, 0.3) is 0 Å². The van der Waals surface area contributed by atoms with Crippen molar-refractivity contribution in [1.29, 1.82) is 0 Å². The second-order valence-electron chi connectivity index (χ2n) is 7.29. The van der Waals surface area contributed by atoms with Crippen LogP contribution in [-0.4, -0.2) is 17.6 Å². The van der Waals surface area contributed by atoms with E-state index in [1.165, 1.54) is 19.3 Å². The number of piperidine rings is 1. The number of benzene rings is 2. The van der Waals surface area contributed by atoms with Crippen LogP contribution in [0.25, 0.3) is 10.9 Å². The highest BCUT2D eigenvalue weighted by molar-refractivity contribution is 6.42. The van der Waals surface area contributed by atoms with Gasteiger partial charge in [-0.3, -0.25) is 0 Å². The van der Waals surface area contributed by atoms with Gasteiger partial charge in [0.2, 0.25) is 0 Å². The van der Waals surface area contributed by atoms with Crippen molar-refractivity contribution in [2.75, 3.05) is 11.4 Å². The molecule has 1 aliphatic rings. The first-order chi connectivity index (χ1) is 13.7. The van der Waals surface area contributed by atoms with Crippen molar-refractivity contribution < 1.29 is 4.74 Å². The number of hydrogen-bond acceptors (Lipinski definition) is 3. The number of fused-ring (bicyclic) bond motifs is 1. The molecule has 0 amide bonds. The number of hydrogen-bond donors (Lipinski definition) is 0. The van der Waals surface area contributed by atoms with Crippen LogP contribution in [-0.2, 0) is 6.61 Å². The van der Waals surface area contributed by atoms with Gasteiger partial charge in [0.1, 0.15) is 23.7 Å². The maximum atomic E-state index is 6.12. The minimum atomic E-state index is 0.420. The van der Waals surface area contributed by atoms with E-state index < -0.39 is 0 Å². The summed E-state index contributed by atoms with van der Waals surface area (Å²) in [5.74, 6) is 1.83. The molecule has 0 N–H and O–H groups in total. The average Bonchev–Trinajstić information content (AvgIpc) is 2.74. The summed E-state index contributed by atoms with van der Waals surface area (Å²) in [4.78, 5) is 7.45. The molecule has 1 aliphatic heterocycles. The summed E-state index contributed by atoms with van der Waals surface area (Å²) in [6, 6.07) is 16.5. The molecule has 28 heavy (non-hydrogen) atoms. The molecule has 1 atom stereocenters. The molecule has 2 heterocycles. The van der Waals surface area contributed by atoms with Gasteiger partial charge in [-0.15, -0.1) is 0 Å². The number of aromatic nitrogens is 1. The summed E-state index contributed by atoms with van der Waals surface area (Å²) >= 11 is 12.1. The number of para-hydroxylation sites is 1. The van der Waals surface area contributed by atoms with E-state index in [1.54, 1.807) is 6.07 Å². The van der Waals surface area contributed by atoms with Gasteiger partial charge < -0.3 is 9.64 Å². The Balaban J connectivity index is 1.62. The lowest BCUT2D eigenvalue weighted by Crippen LogP contribution is -2.39. The number of halogens is 2. The van der Waals surface area contributed by atoms with Crippen LogP contribution in [0, 0.1) is 0 Å². The molecule has 2 aromatic carbocycles. The summed E-state index contributed by atoms with van der Waals surface area (Å²) in [7, 11) is 0. The Morgan fingerprint density at radius 3 is 2.79 bits per heavy atom. The van der Waals surface area contributed by atoms with Crippen molar-refractivity contribution in [1.82, 2.24) is 4.98 Å². The van der Waals surface area contributed by atoms with Crippen LogP contribution in [0.2, 0.25) is 10.0 Å². The molecule has 4 rings (SSSR count). The molecule has 1 aromatic heterocycles. The molecule has 5 heteroatoms. The summed E-state index contributed by atoms with van der Waals surface area (Å²) in [5.41, 5.74) is 1.88. The number of nitrogens with zero attached hydrogens (tertiary/aromatic N) is 2. The van der Waals surface area contributed by atoms with Crippen molar-refractivity contribution >= 4 is 39.9 Å². The quantitative estimate of drug-likeness (QED) is 0.454. The third-order valence-electron chi connectivity index (χ3n) is 5.44. The average molecular weight is 415 g/mol. The van der Waals surface area contributed by atoms with Crippen LogP contribution < -0.4 is 9.64 Å². The van der Waals surface area contributed by atoms with E-state index in [2.05, 4.69) is 30.0 Å². The molecule has 3 aromatic rings. The van der Waals surface area contributed by atoms with E-state index >= 15 is 0 Å². The Labute approximate surface area is 176 Å². The fourth-order valence-electron chi connectivity index (χ4n) is 3.90. The lowest BCUT2D eigenvalue weighted by Gasteiger charge is -2.36. The Kier molecular flexibility index (Phi) is 5.93. The highest BCUT2D eigenvalue weighted by Gasteiger charge is 2.22. The van der Waals surface area contributed by atoms with E-state index in [-0.39, 0.29) is 0 Å². The van der Waals surface area contributed by atoms with Gasteiger partial charge in [0, 0.05) is 18.0 Å². The summed E-state index contributed by atoms with van der Waals surface area (Å²) in [6.07, 6.45) is 4.92. The van der Waals surface area contributed by atoms with Gasteiger partial charge >= 0.3 is 0 Å². The second kappa shape index (κ2) is 8.59. The van der Waals surface area contributed by atoms with Crippen LogP contribution >= 0.6 is 23.2 Å². The van der Waals surface area contributed by atoms with Gasteiger partial charge in [-0.25, -0.2) is 4.98 Å². The van der Waals surface area contributed by atoms with Crippen molar-refractivity contribution in [3.63, 3.8) is 0 Å². The fraction of sp³-hybridized carbons (Fsp3) is 0.348. The zero-order valence-electron chi connectivity index (χ0n) is 16.0. The van der Waals surface area contributed by atoms with E-state index in [1.807, 2.05) is 24.3 Å². The van der Waals surface area contributed by atoms with E-state index in [0.29, 0.717) is 22.7 Å². The SMILES string of the molecule is CCC1CCCCN1c1ccc2cccc(OCc3ccc(Cl)c(Cl)c3)c2n1. The van der Waals surface area contributed by atoms with Gasteiger partial charge in [-0.05, 0) is 61.6 Å². The summed E-state index contributed by atoms with van der Waals surface area (Å²) in [5, 5.41) is 2.17. The Morgan fingerprint density at radius 2 is 1.96 bits per heavy atom. The fourth-order valence-corrected chi connectivity index (χ4v) is 4.22. The van der Waals surface area contributed by atoms with Crippen LogP contribution in [0.15, 0.2) is 48.5 Å². The minimum Gasteiger partial charge on any atom is -0.487 e. The van der Waals surface area contributed by atoms with Crippen LogP contribution in [0.4, 0.5) is 5.82 Å². The highest BCUT2D eigenvalue weighted by atomic mass is 35.5. The molecule has 1 saturated heterocycles. The Bertz CT molecular complexity index is 976. The van der Waals surface area contributed by atoms with Crippen molar-refractivity contribution in [3.05, 3.63) is 64.1 Å². The first-order valence-corrected chi connectivity index (χ1v) is 10.6. The molecule has 0 bridgehead atoms. The Hall–Kier alpha value is -1.97. The largest absolute Gasteiger partial charge is 0.487 e. The molecule has 1 unspecified atom stereocenters. The molecule has 0 spiro atoms. The predicted molar refractivity (Wildman–Crippen MR) is 118 cm³/mol. The first-order valence-electron chi connectivity index (χ1n) is 9.89. The van der Waals surface area contributed by atoms with Crippen LogP contribution in [0.1, 0.15) is 38.2 Å². The summed E-state index contributed by atoms with van der Waals surface area (Å²) < 4.78 is 6.11. The van der Waals surface area contributed by atoms with Gasteiger partial charge in [0.15, 0.2) is 0 Å². The number of ether oxygens (including phenoxy) is 1. The van der Waals surface area contributed by atoms with Crippen molar-refractivity contribution in [2.45, 2.75) is 45.3 Å². The van der Waals surface area contributed by atoms with Crippen LogP contribution in [0.5, 0.6) is 5.75 Å². The third-order valence-corrected chi connectivity index (χ3v) is 6.18. The van der Waals surface area contributed by atoms with Gasteiger partial charge in [-0.2, -0.15) is 0 Å². The van der Waals surface area contributed by atoms with E-state index in [4.69, 9.17) is 32.9 Å². The lowest BCUT2D eigenvalue weighted by atomic mass is 10.00. The second-order valence-corrected chi connectivity index (χ2v) is 8.10. The highest BCUT2D eigenvalue weighted by Crippen LogP contribution is 2.31. The smallest absolute Gasteiger partial charge is 0.146 e. The number of rotatable bonds is 5. The van der Waals surface area contributed by atoms with E-state index in [0.717, 1.165) is 41.0 Å². The van der Waals surface area contributed by atoms with E-state index in [9.17, 15) is 0 Å². The molecule has 0 radical (unpaired) electrons. The predicted octanol–water partition coefficient (Wildman–Crippen LogP) is 6.89. The molecule has 0 saturated carbocycles. The topological polar surface area (TPSA) is 25.4 Å². The summed E-state index contributed by atoms with van der Waals surface area (Å²) in [6.45, 7) is 3.75. The molecule has 146 valence electrons. The molecular weight excluding hydrogens is 391 g/mol. The molecule has 0 aliphatic carbocycles. The molecule has 3 nitrogen and oxygen atoms in total. The van der Waals surface area contributed by atoms with Gasteiger partial charge in [0.05, 0.1) is 10.0 Å². The zero-order chi connectivity index (χ0) is 19.5. The first kappa shape index (κ1) is 19.4. The van der Waals surface area contributed by atoms with Crippen molar-refractivity contribution in [2.24, 2.45) is 0 Å². The maximum absolute atomic E-state index is 6.12. The molecule has 1 fully saturated rings. The maximum Gasteiger partial charge on any atom is 0.146 e. The van der Waals surface area contributed by atoms with Crippen molar-refractivity contribution in [3.8, 4) is 5.75 Å².